The second-order valence-electron chi connectivity index (χ2n) is 4.62. The van der Waals surface area contributed by atoms with E-state index in [1.165, 1.54) is 0 Å². The zero-order valence-corrected chi connectivity index (χ0v) is 8.82. The van der Waals surface area contributed by atoms with Gasteiger partial charge in [-0.2, -0.15) is 0 Å². The van der Waals surface area contributed by atoms with Crippen molar-refractivity contribution in [1.82, 2.24) is 4.90 Å². The monoisotopic (exact) mass is 198 g/mol. The minimum absolute atomic E-state index is 0.111. The van der Waals surface area contributed by atoms with Crippen LogP contribution in [0.15, 0.2) is 0 Å². The van der Waals surface area contributed by atoms with Crippen molar-refractivity contribution in [3.63, 3.8) is 0 Å². The summed E-state index contributed by atoms with van der Waals surface area (Å²) in [6, 6.07) is 0. The van der Waals surface area contributed by atoms with Crippen molar-refractivity contribution in [3.8, 4) is 0 Å². The van der Waals surface area contributed by atoms with E-state index in [4.69, 9.17) is 10.5 Å². The first-order chi connectivity index (χ1) is 6.51. The first-order valence-electron chi connectivity index (χ1n) is 5.25. The van der Waals surface area contributed by atoms with Gasteiger partial charge in [-0.3, -0.25) is 4.79 Å². The lowest BCUT2D eigenvalue weighted by Crippen LogP contribution is -2.54. The standard InChI is InChI=1S/C10H18N2O2/c1-7-5-12(6-8(2)14-7)9(13)10(11)3-4-10/h7-8H,3-6,11H2,1-2H3/t7-,8+. The highest BCUT2D eigenvalue weighted by atomic mass is 16.5. The van der Waals surface area contributed by atoms with Gasteiger partial charge in [0.15, 0.2) is 0 Å². The van der Waals surface area contributed by atoms with Crippen LogP contribution in [0.5, 0.6) is 0 Å². The average molecular weight is 198 g/mol. The van der Waals surface area contributed by atoms with Gasteiger partial charge < -0.3 is 15.4 Å². The molecular weight excluding hydrogens is 180 g/mol. The molecule has 1 saturated heterocycles. The van der Waals surface area contributed by atoms with Gasteiger partial charge in [-0.05, 0) is 26.7 Å². The molecular formula is C10H18N2O2. The molecule has 1 amide bonds. The fourth-order valence-corrected chi connectivity index (χ4v) is 2.01. The van der Waals surface area contributed by atoms with Gasteiger partial charge >= 0.3 is 0 Å². The van der Waals surface area contributed by atoms with E-state index in [1.807, 2.05) is 18.7 Å². The molecule has 0 bridgehead atoms. The van der Waals surface area contributed by atoms with Gasteiger partial charge in [-0.15, -0.1) is 0 Å². The van der Waals surface area contributed by atoms with Crippen molar-refractivity contribution in [2.75, 3.05) is 13.1 Å². The molecule has 1 heterocycles. The molecule has 1 saturated carbocycles. The normalized spacial score (nSPS) is 35.5. The smallest absolute Gasteiger partial charge is 0.242 e. The molecule has 1 aliphatic heterocycles. The first kappa shape index (κ1) is 9.93. The van der Waals surface area contributed by atoms with Crippen molar-refractivity contribution < 1.29 is 9.53 Å². The molecule has 0 radical (unpaired) electrons. The molecule has 0 aromatic rings. The lowest BCUT2D eigenvalue weighted by atomic mass is 10.2. The van der Waals surface area contributed by atoms with Crippen LogP contribution in [0.25, 0.3) is 0 Å². The summed E-state index contributed by atoms with van der Waals surface area (Å²) in [6.07, 6.45) is 1.94. The number of morpholine rings is 1. The third-order valence-electron chi connectivity index (χ3n) is 2.92. The fraction of sp³-hybridized carbons (Fsp3) is 0.900. The molecule has 2 rings (SSSR count). The molecule has 2 fully saturated rings. The highest BCUT2D eigenvalue weighted by Crippen LogP contribution is 2.34. The Hall–Kier alpha value is -0.610. The van der Waals surface area contributed by atoms with E-state index in [-0.39, 0.29) is 18.1 Å². The SMILES string of the molecule is C[C@@H]1CN(C(=O)C2(N)CC2)C[C@H](C)O1. The second kappa shape index (κ2) is 3.21. The Bertz CT molecular complexity index is 241. The molecule has 2 atom stereocenters. The number of amides is 1. The van der Waals surface area contributed by atoms with E-state index in [0.29, 0.717) is 13.1 Å². The molecule has 0 unspecified atom stereocenters. The third-order valence-corrected chi connectivity index (χ3v) is 2.92. The number of hydrogen-bond donors (Lipinski definition) is 1. The topological polar surface area (TPSA) is 55.6 Å². The van der Waals surface area contributed by atoms with E-state index in [1.54, 1.807) is 0 Å². The lowest BCUT2D eigenvalue weighted by molar-refractivity contribution is -0.145. The molecule has 0 spiro atoms. The molecule has 2 aliphatic rings. The van der Waals surface area contributed by atoms with E-state index in [9.17, 15) is 4.79 Å². The number of carbonyl (C=O) groups excluding carboxylic acids is 1. The Kier molecular flexibility index (Phi) is 2.27. The minimum atomic E-state index is -0.531. The van der Waals surface area contributed by atoms with Crippen molar-refractivity contribution in [1.29, 1.82) is 0 Å². The molecule has 4 heteroatoms. The predicted molar refractivity (Wildman–Crippen MR) is 52.7 cm³/mol. The number of nitrogens with two attached hydrogens (primary N) is 1. The van der Waals surface area contributed by atoms with Crippen LogP contribution in [0.4, 0.5) is 0 Å². The maximum atomic E-state index is 11.9. The van der Waals surface area contributed by atoms with Crippen LogP contribution in [-0.2, 0) is 9.53 Å². The maximum absolute atomic E-state index is 11.9. The zero-order valence-electron chi connectivity index (χ0n) is 8.82. The lowest BCUT2D eigenvalue weighted by Gasteiger charge is -2.36. The van der Waals surface area contributed by atoms with E-state index >= 15 is 0 Å². The van der Waals surface area contributed by atoms with Crippen LogP contribution in [0.3, 0.4) is 0 Å². The molecule has 0 aromatic heterocycles. The Labute approximate surface area is 84.4 Å². The third kappa shape index (κ3) is 1.77. The zero-order chi connectivity index (χ0) is 10.3. The molecule has 80 valence electrons. The van der Waals surface area contributed by atoms with Crippen LogP contribution in [0.1, 0.15) is 26.7 Å². The quantitative estimate of drug-likeness (QED) is 0.651. The summed E-state index contributed by atoms with van der Waals surface area (Å²) >= 11 is 0. The van der Waals surface area contributed by atoms with Crippen LogP contribution in [0, 0.1) is 0 Å². The largest absolute Gasteiger partial charge is 0.372 e. The molecule has 2 N–H and O–H groups in total. The van der Waals surface area contributed by atoms with Crippen molar-refractivity contribution in [3.05, 3.63) is 0 Å². The fourth-order valence-electron chi connectivity index (χ4n) is 2.01. The Morgan fingerprint density at radius 3 is 2.29 bits per heavy atom. The highest BCUT2D eigenvalue weighted by molar-refractivity contribution is 5.89. The molecule has 14 heavy (non-hydrogen) atoms. The Balaban J connectivity index is 2.00. The highest BCUT2D eigenvalue weighted by Gasteiger charge is 2.49. The van der Waals surface area contributed by atoms with E-state index in [0.717, 1.165) is 12.8 Å². The Morgan fingerprint density at radius 1 is 1.36 bits per heavy atom. The van der Waals surface area contributed by atoms with Crippen LogP contribution in [-0.4, -0.2) is 41.6 Å². The molecule has 1 aliphatic carbocycles. The maximum Gasteiger partial charge on any atom is 0.242 e. The minimum Gasteiger partial charge on any atom is -0.372 e. The van der Waals surface area contributed by atoms with Crippen LogP contribution < -0.4 is 5.73 Å². The first-order valence-corrected chi connectivity index (χ1v) is 5.25. The number of nitrogens with zero attached hydrogens (tertiary/aromatic N) is 1. The van der Waals surface area contributed by atoms with Crippen molar-refractivity contribution >= 4 is 5.91 Å². The molecule has 4 nitrogen and oxygen atoms in total. The van der Waals surface area contributed by atoms with Crippen LogP contribution in [0.2, 0.25) is 0 Å². The van der Waals surface area contributed by atoms with Crippen LogP contribution >= 0.6 is 0 Å². The van der Waals surface area contributed by atoms with Gasteiger partial charge in [0.25, 0.3) is 0 Å². The van der Waals surface area contributed by atoms with E-state index in [2.05, 4.69) is 0 Å². The van der Waals surface area contributed by atoms with Crippen molar-refractivity contribution in [2.24, 2.45) is 5.73 Å². The van der Waals surface area contributed by atoms with Gasteiger partial charge in [-0.25, -0.2) is 0 Å². The van der Waals surface area contributed by atoms with E-state index < -0.39 is 5.54 Å². The number of carbonyl (C=O) groups is 1. The Morgan fingerprint density at radius 2 is 1.86 bits per heavy atom. The summed E-state index contributed by atoms with van der Waals surface area (Å²) in [4.78, 5) is 13.8. The summed E-state index contributed by atoms with van der Waals surface area (Å²) in [7, 11) is 0. The summed E-state index contributed by atoms with van der Waals surface area (Å²) in [5.41, 5.74) is 5.35. The van der Waals surface area contributed by atoms with Gasteiger partial charge in [0.1, 0.15) is 0 Å². The molecule has 0 aromatic carbocycles. The number of ether oxygens (including phenoxy) is 1. The van der Waals surface area contributed by atoms with Gasteiger partial charge in [-0.1, -0.05) is 0 Å². The van der Waals surface area contributed by atoms with Crippen molar-refractivity contribution in [2.45, 2.75) is 44.4 Å². The van der Waals surface area contributed by atoms with Gasteiger partial charge in [0, 0.05) is 13.1 Å². The summed E-state index contributed by atoms with van der Waals surface area (Å²) < 4.78 is 5.56. The summed E-state index contributed by atoms with van der Waals surface area (Å²) in [6.45, 7) is 5.35. The summed E-state index contributed by atoms with van der Waals surface area (Å²) in [5, 5.41) is 0. The average Bonchev–Trinajstić information content (AvgIpc) is 2.82. The van der Waals surface area contributed by atoms with Gasteiger partial charge in [0.2, 0.25) is 5.91 Å². The second-order valence-corrected chi connectivity index (χ2v) is 4.62. The number of rotatable bonds is 1. The van der Waals surface area contributed by atoms with Gasteiger partial charge in [0.05, 0.1) is 17.7 Å². The summed E-state index contributed by atoms with van der Waals surface area (Å²) in [5.74, 6) is 0.111. The predicted octanol–water partition coefficient (Wildman–Crippen LogP) is 0.113. The number of hydrogen-bond acceptors (Lipinski definition) is 3.